The average Bonchev–Trinajstić information content (AvgIpc) is 2.32. The second kappa shape index (κ2) is 9.26. The van der Waals surface area contributed by atoms with E-state index in [1.807, 2.05) is 6.92 Å². The second-order valence-electron chi connectivity index (χ2n) is 3.88. The fraction of sp³-hybridized carbons (Fsp3) is 0.727. The number of carbonyl (C=O) groups excluding carboxylic acids is 2. The minimum atomic E-state index is -0.970. The number of carbonyl (C=O) groups is 3. The van der Waals surface area contributed by atoms with Gasteiger partial charge in [-0.2, -0.15) is 0 Å². The molecule has 0 heterocycles. The Morgan fingerprint density at radius 2 is 1.83 bits per heavy atom. The molecule has 18 heavy (non-hydrogen) atoms. The fourth-order valence-electron chi connectivity index (χ4n) is 1.23. The molecule has 1 atom stereocenters. The van der Waals surface area contributed by atoms with Crippen molar-refractivity contribution in [3.05, 3.63) is 0 Å². The predicted octanol–water partition coefficient (Wildman–Crippen LogP) is 0.0651. The van der Waals surface area contributed by atoms with Crippen molar-refractivity contribution in [3.63, 3.8) is 0 Å². The van der Waals surface area contributed by atoms with Crippen molar-refractivity contribution in [1.82, 2.24) is 16.0 Å². The first-order chi connectivity index (χ1) is 8.49. The largest absolute Gasteiger partial charge is 0.481 e. The summed E-state index contributed by atoms with van der Waals surface area (Å²) in [4.78, 5) is 33.1. The molecule has 0 aromatic rings. The van der Waals surface area contributed by atoms with Gasteiger partial charge in [-0.25, -0.2) is 4.79 Å². The van der Waals surface area contributed by atoms with Gasteiger partial charge in [-0.3, -0.25) is 9.59 Å². The molecule has 0 bridgehead atoms. The van der Waals surface area contributed by atoms with Crippen LogP contribution in [0.1, 0.15) is 33.1 Å². The summed E-state index contributed by atoms with van der Waals surface area (Å²) >= 11 is 0. The summed E-state index contributed by atoms with van der Waals surface area (Å²) in [5, 5.41) is 16.1. The van der Waals surface area contributed by atoms with Crippen molar-refractivity contribution < 1.29 is 19.5 Å². The van der Waals surface area contributed by atoms with E-state index in [9.17, 15) is 14.4 Å². The first kappa shape index (κ1) is 16.2. The molecule has 0 aliphatic rings. The van der Waals surface area contributed by atoms with Gasteiger partial charge in [0.05, 0.1) is 13.0 Å². The van der Waals surface area contributed by atoms with Crippen molar-refractivity contribution in [2.45, 2.75) is 39.2 Å². The minimum absolute atomic E-state index is 0.116. The van der Waals surface area contributed by atoms with E-state index in [-0.39, 0.29) is 18.9 Å². The van der Waals surface area contributed by atoms with Crippen LogP contribution >= 0.6 is 0 Å². The second-order valence-corrected chi connectivity index (χ2v) is 3.88. The van der Waals surface area contributed by atoms with Crippen molar-refractivity contribution in [1.29, 1.82) is 0 Å². The molecule has 1 unspecified atom stereocenters. The van der Waals surface area contributed by atoms with Crippen LogP contribution in [-0.2, 0) is 9.59 Å². The Morgan fingerprint density at radius 3 is 2.33 bits per heavy atom. The Kier molecular flexibility index (Phi) is 8.34. The van der Waals surface area contributed by atoms with Crippen LogP contribution in [0.2, 0.25) is 0 Å². The van der Waals surface area contributed by atoms with Gasteiger partial charge in [-0.05, 0) is 12.8 Å². The van der Waals surface area contributed by atoms with Crippen molar-refractivity contribution >= 4 is 17.9 Å². The number of amides is 3. The van der Waals surface area contributed by atoms with E-state index in [1.165, 1.54) is 0 Å². The van der Waals surface area contributed by atoms with Gasteiger partial charge in [0.15, 0.2) is 0 Å². The van der Waals surface area contributed by atoms with Gasteiger partial charge in [-0.1, -0.05) is 13.8 Å². The first-order valence-corrected chi connectivity index (χ1v) is 6.02. The molecule has 3 amide bonds. The number of carboxylic acids is 1. The molecule has 7 nitrogen and oxygen atoms in total. The maximum Gasteiger partial charge on any atom is 0.315 e. The fourth-order valence-corrected chi connectivity index (χ4v) is 1.23. The number of urea groups is 1. The topological polar surface area (TPSA) is 108 Å². The van der Waals surface area contributed by atoms with Crippen molar-refractivity contribution in [2.24, 2.45) is 0 Å². The van der Waals surface area contributed by atoms with Crippen LogP contribution in [0, 0.1) is 0 Å². The molecule has 0 spiro atoms. The van der Waals surface area contributed by atoms with Crippen LogP contribution in [0.15, 0.2) is 0 Å². The third kappa shape index (κ3) is 8.37. The highest BCUT2D eigenvalue weighted by molar-refractivity contribution is 5.84. The van der Waals surface area contributed by atoms with Crippen LogP contribution in [0.4, 0.5) is 4.79 Å². The molecule has 0 saturated heterocycles. The summed E-state index contributed by atoms with van der Waals surface area (Å²) in [5.41, 5.74) is 0. The van der Waals surface area contributed by atoms with E-state index in [1.54, 1.807) is 6.92 Å². The maximum atomic E-state index is 11.4. The Balaban J connectivity index is 3.87. The van der Waals surface area contributed by atoms with Gasteiger partial charge >= 0.3 is 12.0 Å². The highest BCUT2D eigenvalue weighted by Gasteiger charge is 2.14. The van der Waals surface area contributed by atoms with E-state index in [4.69, 9.17) is 5.11 Å². The summed E-state index contributed by atoms with van der Waals surface area (Å²) in [7, 11) is 0. The van der Waals surface area contributed by atoms with Gasteiger partial charge in [0.2, 0.25) is 5.91 Å². The molecule has 0 fully saturated rings. The predicted molar refractivity (Wildman–Crippen MR) is 66.2 cm³/mol. The summed E-state index contributed by atoms with van der Waals surface area (Å²) in [6.45, 7) is 4.16. The average molecular weight is 259 g/mol. The first-order valence-electron chi connectivity index (χ1n) is 6.02. The van der Waals surface area contributed by atoms with E-state index >= 15 is 0 Å². The lowest BCUT2D eigenvalue weighted by atomic mass is 10.1. The van der Waals surface area contributed by atoms with Crippen LogP contribution < -0.4 is 16.0 Å². The molecule has 0 radical (unpaired) electrons. The molecule has 0 aromatic heterocycles. The highest BCUT2D eigenvalue weighted by Crippen LogP contribution is 1.96. The number of rotatable bonds is 8. The lowest BCUT2D eigenvalue weighted by Gasteiger charge is -2.15. The van der Waals surface area contributed by atoms with Gasteiger partial charge in [0.25, 0.3) is 0 Å². The van der Waals surface area contributed by atoms with Crippen LogP contribution in [0.25, 0.3) is 0 Å². The zero-order chi connectivity index (χ0) is 14.0. The summed E-state index contributed by atoms with van der Waals surface area (Å²) in [6.07, 6.45) is 1.21. The molecule has 0 aliphatic carbocycles. The number of hydrogen-bond donors (Lipinski definition) is 4. The highest BCUT2D eigenvalue weighted by atomic mass is 16.4. The summed E-state index contributed by atoms with van der Waals surface area (Å²) in [5.74, 6) is -1.24. The molecule has 0 rings (SSSR count). The molecule has 4 N–H and O–H groups in total. The van der Waals surface area contributed by atoms with Crippen LogP contribution in [0.5, 0.6) is 0 Å². The van der Waals surface area contributed by atoms with E-state index in [2.05, 4.69) is 16.0 Å². The van der Waals surface area contributed by atoms with Crippen LogP contribution in [-0.4, -0.2) is 42.1 Å². The van der Waals surface area contributed by atoms with E-state index < -0.39 is 18.0 Å². The molecule has 7 heteroatoms. The van der Waals surface area contributed by atoms with Gasteiger partial charge in [0, 0.05) is 12.6 Å². The standard InChI is InChI=1S/C11H21N3O4/c1-3-5-12-9(15)7-13-11(18)14-8(4-2)6-10(16)17/h8H,3-7H2,1-2H3,(H,12,15)(H,16,17)(H2,13,14,18). The molecule has 0 aromatic carbocycles. The Morgan fingerprint density at radius 1 is 1.17 bits per heavy atom. The van der Waals surface area contributed by atoms with Gasteiger partial charge < -0.3 is 21.1 Å². The van der Waals surface area contributed by atoms with Gasteiger partial charge in [0.1, 0.15) is 0 Å². The minimum Gasteiger partial charge on any atom is -0.481 e. The molecule has 104 valence electrons. The smallest absolute Gasteiger partial charge is 0.315 e. The Bertz CT molecular complexity index is 294. The number of carboxylic acid groups (broad SMARTS) is 1. The van der Waals surface area contributed by atoms with E-state index in [0.717, 1.165) is 6.42 Å². The Labute approximate surface area is 106 Å². The lowest BCUT2D eigenvalue weighted by Crippen LogP contribution is -2.46. The monoisotopic (exact) mass is 259 g/mol. The summed E-state index contributed by atoms with van der Waals surface area (Å²) < 4.78 is 0. The van der Waals surface area contributed by atoms with Crippen LogP contribution in [0.3, 0.4) is 0 Å². The molecule has 0 saturated carbocycles. The normalized spacial score (nSPS) is 11.4. The van der Waals surface area contributed by atoms with E-state index in [0.29, 0.717) is 13.0 Å². The number of nitrogens with one attached hydrogen (secondary N) is 3. The maximum absolute atomic E-state index is 11.4. The van der Waals surface area contributed by atoms with Crippen molar-refractivity contribution in [3.8, 4) is 0 Å². The van der Waals surface area contributed by atoms with Crippen molar-refractivity contribution in [2.75, 3.05) is 13.1 Å². The van der Waals surface area contributed by atoms with Gasteiger partial charge in [-0.15, -0.1) is 0 Å². The third-order valence-electron chi connectivity index (χ3n) is 2.23. The number of aliphatic carboxylic acids is 1. The molecular formula is C11H21N3O4. The molecular weight excluding hydrogens is 238 g/mol. The quantitative estimate of drug-likeness (QED) is 0.494. The SMILES string of the molecule is CCCNC(=O)CNC(=O)NC(CC)CC(=O)O. The summed E-state index contributed by atoms with van der Waals surface area (Å²) in [6, 6.07) is -0.962. The zero-order valence-electron chi connectivity index (χ0n) is 10.8. The lowest BCUT2D eigenvalue weighted by molar-refractivity contribution is -0.137. The number of hydrogen-bond acceptors (Lipinski definition) is 3. The zero-order valence-corrected chi connectivity index (χ0v) is 10.8. The Hall–Kier alpha value is -1.79. The molecule has 0 aliphatic heterocycles. The third-order valence-corrected chi connectivity index (χ3v) is 2.23.